The van der Waals surface area contributed by atoms with Gasteiger partial charge in [-0.1, -0.05) is 6.92 Å². The number of carbonyl (C=O) groups is 2. The monoisotopic (exact) mass is 420 g/mol. The molecule has 1 N–H and O–H groups in total. The number of nitrogens with zero attached hydrogens (tertiary/aromatic N) is 3. The van der Waals surface area contributed by atoms with Crippen molar-refractivity contribution in [3.63, 3.8) is 0 Å². The average Bonchev–Trinajstić information content (AvgIpc) is 3.26. The molecular formula is C18H20N4O4S2. The second kappa shape index (κ2) is 7.36. The highest BCUT2D eigenvalue weighted by Crippen LogP contribution is 2.24. The Hall–Kier alpha value is -2.14. The molecule has 1 aromatic heterocycles. The summed E-state index contributed by atoms with van der Waals surface area (Å²) >= 11 is 1.65. The lowest BCUT2D eigenvalue weighted by atomic mass is 10.1. The lowest BCUT2D eigenvalue weighted by Crippen LogP contribution is -2.48. The van der Waals surface area contributed by atoms with E-state index in [2.05, 4.69) is 27.5 Å². The van der Waals surface area contributed by atoms with E-state index >= 15 is 0 Å². The van der Waals surface area contributed by atoms with Crippen molar-refractivity contribution in [1.82, 2.24) is 19.5 Å². The summed E-state index contributed by atoms with van der Waals surface area (Å²) in [6, 6.07) is 4.07. The predicted molar refractivity (Wildman–Crippen MR) is 104 cm³/mol. The number of amides is 2. The van der Waals surface area contributed by atoms with Crippen LogP contribution >= 0.6 is 11.3 Å². The molecule has 2 aromatic rings. The highest BCUT2D eigenvalue weighted by Gasteiger charge is 2.32. The van der Waals surface area contributed by atoms with Gasteiger partial charge in [-0.25, -0.2) is 13.4 Å². The number of piperazine rings is 1. The quantitative estimate of drug-likeness (QED) is 0.727. The van der Waals surface area contributed by atoms with Gasteiger partial charge in [0.15, 0.2) is 0 Å². The first-order valence-corrected chi connectivity index (χ1v) is 11.4. The van der Waals surface area contributed by atoms with E-state index in [-0.39, 0.29) is 16.0 Å². The van der Waals surface area contributed by atoms with E-state index in [1.807, 2.05) is 0 Å². The molecule has 148 valence electrons. The fraction of sp³-hybridized carbons (Fsp3) is 0.389. The van der Waals surface area contributed by atoms with Gasteiger partial charge in [-0.2, -0.15) is 4.31 Å². The first-order valence-electron chi connectivity index (χ1n) is 9.04. The normalized spacial score (nSPS) is 18.3. The van der Waals surface area contributed by atoms with Gasteiger partial charge in [0.25, 0.3) is 11.8 Å². The van der Waals surface area contributed by atoms with Crippen LogP contribution in [0.1, 0.15) is 38.3 Å². The number of sulfonamides is 1. The lowest BCUT2D eigenvalue weighted by Gasteiger charge is -2.33. The largest absolute Gasteiger partial charge is 0.295 e. The van der Waals surface area contributed by atoms with Gasteiger partial charge in [-0.05, 0) is 24.6 Å². The molecule has 1 saturated heterocycles. The highest BCUT2D eigenvalue weighted by molar-refractivity contribution is 7.89. The van der Waals surface area contributed by atoms with Crippen LogP contribution in [0.15, 0.2) is 28.5 Å². The average molecular weight is 421 g/mol. The maximum absolute atomic E-state index is 13.0. The molecule has 2 aliphatic heterocycles. The summed E-state index contributed by atoms with van der Waals surface area (Å²) in [5.41, 5.74) is 1.34. The molecule has 1 fully saturated rings. The molecular weight excluding hydrogens is 400 g/mol. The zero-order chi connectivity index (χ0) is 19.9. The van der Waals surface area contributed by atoms with Crippen LogP contribution in [0.5, 0.6) is 0 Å². The van der Waals surface area contributed by atoms with E-state index in [1.165, 1.54) is 22.5 Å². The molecule has 0 radical (unpaired) electrons. The number of rotatable bonds is 5. The predicted octanol–water partition coefficient (Wildman–Crippen LogP) is 1.10. The Kier molecular flexibility index (Phi) is 5.04. The number of imide groups is 1. The second-order valence-electron chi connectivity index (χ2n) is 6.76. The third kappa shape index (κ3) is 3.48. The summed E-state index contributed by atoms with van der Waals surface area (Å²) in [6.45, 7) is 4.76. The van der Waals surface area contributed by atoms with Crippen molar-refractivity contribution in [1.29, 1.82) is 0 Å². The summed E-state index contributed by atoms with van der Waals surface area (Å²) in [5.74, 6) is -1.05. The molecule has 0 saturated carbocycles. The third-order valence-electron chi connectivity index (χ3n) is 4.96. The van der Waals surface area contributed by atoms with Crippen molar-refractivity contribution in [2.75, 3.05) is 26.2 Å². The van der Waals surface area contributed by atoms with Gasteiger partial charge in [-0.15, -0.1) is 11.3 Å². The molecule has 3 heterocycles. The van der Waals surface area contributed by atoms with Crippen molar-refractivity contribution in [3.05, 3.63) is 45.4 Å². The van der Waals surface area contributed by atoms with E-state index < -0.39 is 21.8 Å². The fourth-order valence-corrected chi connectivity index (χ4v) is 5.58. The molecule has 0 spiro atoms. The minimum Gasteiger partial charge on any atom is -0.295 e. The van der Waals surface area contributed by atoms with Crippen molar-refractivity contribution in [3.8, 4) is 0 Å². The Morgan fingerprint density at radius 3 is 2.50 bits per heavy atom. The molecule has 0 aliphatic carbocycles. The Balaban J connectivity index is 1.44. The molecule has 0 unspecified atom stereocenters. The van der Waals surface area contributed by atoms with Crippen molar-refractivity contribution in [2.24, 2.45) is 0 Å². The number of benzene rings is 1. The van der Waals surface area contributed by atoms with Crippen molar-refractivity contribution < 1.29 is 18.0 Å². The van der Waals surface area contributed by atoms with Gasteiger partial charge in [0.2, 0.25) is 10.0 Å². The van der Waals surface area contributed by atoms with Gasteiger partial charge in [-0.3, -0.25) is 19.8 Å². The van der Waals surface area contributed by atoms with Crippen LogP contribution in [0.25, 0.3) is 0 Å². The zero-order valence-electron chi connectivity index (χ0n) is 15.3. The molecule has 28 heavy (non-hydrogen) atoms. The number of carbonyl (C=O) groups excluding carboxylic acids is 2. The Bertz CT molecular complexity index is 1040. The highest BCUT2D eigenvalue weighted by atomic mass is 32.2. The third-order valence-corrected chi connectivity index (χ3v) is 7.90. The molecule has 2 amide bonds. The van der Waals surface area contributed by atoms with Gasteiger partial charge in [0, 0.05) is 38.1 Å². The number of aryl methyl sites for hydroxylation is 1. The molecule has 10 heteroatoms. The van der Waals surface area contributed by atoms with Gasteiger partial charge < -0.3 is 0 Å². The van der Waals surface area contributed by atoms with Gasteiger partial charge in [0.05, 0.1) is 26.7 Å². The molecule has 4 rings (SSSR count). The van der Waals surface area contributed by atoms with Crippen LogP contribution in [-0.4, -0.2) is 60.6 Å². The van der Waals surface area contributed by atoms with E-state index in [0.29, 0.717) is 32.7 Å². The number of hydrogen-bond acceptors (Lipinski definition) is 7. The number of hydrogen-bond donors (Lipinski definition) is 1. The second-order valence-corrected chi connectivity index (χ2v) is 9.64. The van der Waals surface area contributed by atoms with Crippen LogP contribution in [0.4, 0.5) is 0 Å². The van der Waals surface area contributed by atoms with Crippen LogP contribution in [0.2, 0.25) is 0 Å². The van der Waals surface area contributed by atoms with Crippen molar-refractivity contribution >= 4 is 33.2 Å². The maximum Gasteiger partial charge on any atom is 0.258 e. The smallest absolute Gasteiger partial charge is 0.258 e. The van der Waals surface area contributed by atoms with E-state index in [4.69, 9.17) is 0 Å². The summed E-state index contributed by atoms with van der Waals surface area (Å²) in [7, 11) is -3.72. The number of thiazole rings is 1. The molecule has 0 atom stereocenters. The Labute approximate surface area is 167 Å². The maximum atomic E-state index is 13.0. The van der Waals surface area contributed by atoms with E-state index in [1.54, 1.807) is 11.3 Å². The standard InChI is InChI=1S/C18H20N4O4S2/c1-2-16-19-12(11-27-16)10-21-5-7-22(8-6-21)28(25,26)13-3-4-14-15(9-13)18(24)20-17(14)23/h3-4,9,11H,2,5-8,10H2,1H3,(H,20,23,24). The van der Waals surface area contributed by atoms with Crippen LogP contribution in [0, 0.1) is 0 Å². The number of fused-ring (bicyclic) bond motifs is 1. The van der Waals surface area contributed by atoms with E-state index in [0.717, 1.165) is 17.1 Å². The Morgan fingerprint density at radius 2 is 1.82 bits per heavy atom. The lowest BCUT2D eigenvalue weighted by molar-refractivity contribution is 0.0879. The summed E-state index contributed by atoms with van der Waals surface area (Å²) in [5, 5.41) is 5.34. The fourth-order valence-electron chi connectivity index (χ4n) is 3.40. The topological polar surface area (TPSA) is 99.7 Å². The molecule has 2 aliphatic rings. The van der Waals surface area contributed by atoms with Crippen molar-refractivity contribution in [2.45, 2.75) is 24.8 Å². The van der Waals surface area contributed by atoms with E-state index in [9.17, 15) is 18.0 Å². The molecule has 8 nitrogen and oxygen atoms in total. The Morgan fingerprint density at radius 1 is 1.11 bits per heavy atom. The molecule has 0 bridgehead atoms. The summed E-state index contributed by atoms with van der Waals surface area (Å²) < 4.78 is 27.4. The summed E-state index contributed by atoms with van der Waals surface area (Å²) in [6.07, 6.45) is 0.918. The first-order chi connectivity index (χ1) is 13.4. The van der Waals surface area contributed by atoms with Crippen LogP contribution in [-0.2, 0) is 23.0 Å². The van der Waals surface area contributed by atoms with Crippen LogP contribution in [0.3, 0.4) is 0 Å². The van der Waals surface area contributed by atoms with Crippen LogP contribution < -0.4 is 5.32 Å². The molecule has 1 aromatic carbocycles. The van der Waals surface area contributed by atoms with Gasteiger partial charge >= 0.3 is 0 Å². The minimum atomic E-state index is -3.72. The first kappa shape index (κ1) is 19.2. The minimum absolute atomic E-state index is 0.0386. The number of aromatic nitrogens is 1. The summed E-state index contributed by atoms with van der Waals surface area (Å²) in [4.78, 5) is 30.3. The van der Waals surface area contributed by atoms with Gasteiger partial charge in [0.1, 0.15) is 0 Å². The zero-order valence-corrected chi connectivity index (χ0v) is 17.0. The SMILES string of the molecule is CCc1nc(CN2CCN(S(=O)(=O)c3ccc4c(c3)C(=O)NC4=O)CC2)cs1. The number of nitrogens with one attached hydrogen (secondary N) is 1.